The van der Waals surface area contributed by atoms with Crippen LogP contribution in [0.25, 0.3) is 11.3 Å². The summed E-state index contributed by atoms with van der Waals surface area (Å²) in [6.45, 7) is 5.27. The maximum atomic E-state index is 11.6. The van der Waals surface area contributed by atoms with Gasteiger partial charge < -0.3 is 9.84 Å². The first-order valence-corrected chi connectivity index (χ1v) is 6.43. The van der Waals surface area contributed by atoms with Gasteiger partial charge >= 0.3 is 6.09 Å². The van der Waals surface area contributed by atoms with Crippen molar-refractivity contribution in [1.29, 1.82) is 0 Å². The molecule has 0 saturated heterocycles. The van der Waals surface area contributed by atoms with Gasteiger partial charge in [0.25, 0.3) is 0 Å². The second kappa shape index (κ2) is 5.43. The molecule has 2 heterocycles. The Morgan fingerprint density at radius 2 is 2.14 bits per heavy atom. The molecule has 0 spiro atoms. The number of aromatic hydroxyl groups is 1. The van der Waals surface area contributed by atoms with Gasteiger partial charge in [-0.25, -0.2) is 9.78 Å². The van der Waals surface area contributed by atoms with Crippen LogP contribution in [-0.4, -0.2) is 31.6 Å². The van der Waals surface area contributed by atoms with Crippen LogP contribution in [0.2, 0.25) is 0 Å². The van der Waals surface area contributed by atoms with E-state index in [0.29, 0.717) is 5.56 Å². The van der Waals surface area contributed by atoms with Gasteiger partial charge in [0, 0.05) is 25.0 Å². The fourth-order valence-corrected chi connectivity index (χ4v) is 1.75. The molecule has 112 valence electrons. The molecule has 0 aromatic carbocycles. The highest BCUT2D eigenvalue weighted by atomic mass is 16.6. The van der Waals surface area contributed by atoms with Gasteiger partial charge in [0.1, 0.15) is 5.60 Å². The molecule has 0 atom stereocenters. The number of hydrogen-bond donors (Lipinski definition) is 2. The number of hydrogen-bond acceptors (Lipinski definition) is 5. The molecule has 2 N–H and O–H groups in total. The number of pyridine rings is 1. The molecule has 1 amide bonds. The molecule has 2 aromatic heterocycles. The number of nitrogens with one attached hydrogen (secondary N) is 1. The Morgan fingerprint density at radius 3 is 2.67 bits per heavy atom. The van der Waals surface area contributed by atoms with E-state index < -0.39 is 11.7 Å². The molecular weight excluding hydrogens is 272 g/mol. The summed E-state index contributed by atoms with van der Waals surface area (Å²) >= 11 is 0. The average molecular weight is 290 g/mol. The number of carbonyl (C=O) groups excluding carboxylic acids is 1. The number of nitrogens with zero attached hydrogens (tertiary/aromatic N) is 3. The molecule has 21 heavy (non-hydrogen) atoms. The van der Waals surface area contributed by atoms with Crippen molar-refractivity contribution in [3.63, 3.8) is 0 Å². The van der Waals surface area contributed by atoms with Crippen LogP contribution < -0.4 is 5.32 Å². The normalized spacial score (nSPS) is 11.2. The van der Waals surface area contributed by atoms with Crippen molar-refractivity contribution in [3.05, 3.63) is 24.5 Å². The lowest BCUT2D eigenvalue weighted by atomic mass is 10.2. The number of carbonyl (C=O) groups is 1. The smallest absolute Gasteiger partial charge is 0.413 e. The third kappa shape index (κ3) is 3.71. The molecule has 0 aliphatic carbocycles. The summed E-state index contributed by atoms with van der Waals surface area (Å²) in [6.07, 6.45) is 2.53. The van der Waals surface area contributed by atoms with Crippen molar-refractivity contribution < 1.29 is 14.6 Å². The monoisotopic (exact) mass is 290 g/mol. The highest BCUT2D eigenvalue weighted by molar-refractivity contribution is 5.85. The topological polar surface area (TPSA) is 89.3 Å². The second-order valence-electron chi connectivity index (χ2n) is 5.56. The molecule has 2 rings (SSSR count). The summed E-state index contributed by atoms with van der Waals surface area (Å²) in [7, 11) is 1.79. The summed E-state index contributed by atoms with van der Waals surface area (Å²) in [6, 6.07) is 3.31. The third-order valence-electron chi connectivity index (χ3n) is 2.60. The predicted octanol–water partition coefficient (Wildman–Crippen LogP) is 2.53. The first-order valence-electron chi connectivity index (χ1n) is 6.43. The van der Waals surface area contributed by atoms with Gasteiger partial charge in [-0.05, 0) is 32.9 Å². The summed E-state index contributed by atoms with van der Waals surface area (Å²) in [5.74, 6) is -0.0882. The van der Waals surface area contributed by atoms with E-state index in [1.54, 1.807) is 51.0 Å². The van der Waals surface area contributed by atoms with Crippen molar-refractivity contribution in [2.75, 3.05) is 5.32 Å². The maximum Gasteiger partial charge on any atom is 0.413 e. The number of rotatable bonds is 2. The average Bonchev–Trinajstić information content (AvgIpc) is 2.76. The lowest BCUT2D eigenvalue weighted by molar-refractivity contribution is 0.0634. The van der Waals surface area contributed by atoms with Gasteiger partial charge in [0.2, 0.25) is 0 Å². The van der Waals surface area contributed by atoms with Crippen LogP contribution in [0, 0.1) is 0 Å². The highest BCUT2D eigenvalue weighted by Crippen LogP contribution is 2.27. The molecule has 0 saturated carbocycles. The fourth-order valence-electron chi connectivity index (χ4n) is 1.75. The second-order valence-corrected chi connectivity index (χ2v) is 5.56. The Kier molecular flexibility index (Phi) is 3.84. The summed E-state index contributed by atoms with van der Waals surface area (Å²) < 4.78 is 6.77. The van der Waals surface area contributed by atoms with Crippen molar-refractivity contribution in [2.45, 2.75) is 26.4 Å². The number of anilines is 1. The Balaban J connectivity index is 2.17. The Hall–Kier alpha value is -2.57. The van der Waals surface area contributed by atoms with Gasteiger partial charge in [-0.1, -0.05) is 0 Å². The molecule has 0 radical (unpaired) electrons. The summed E-state index contributed by atoms with van der Waals surface area (Å²) in [5.41, 5.74) is 0.887. The molecule has 0 unspecified atom stereocenters. The lowest BCUT2D eigenvalue weighted by Gasteiger charge is -2.19. The van der Waals surface area contributed by atoms with Gasteiger partial charge in [-0.3, -0.25) is 10.00 Å². The van der Waals surface area contributed by atoms with Crippen LogP contribution in [0.15, 0.2) is 24.5 Å². The van der Waals surface area contributed by atoms with Crippen LogP contribution in [0.3, 0.4) is 0 Å². The fraction of sp³-hybridized carbons (Fsp3) is 0.357. The summed E-state index contributed by atoms with van der Waals surface area (Å²) in [4.78, 5) is 15.7. The quantitative estimate of drug-likeness (QED) is 0.887. The van der Waals surface area contributed by atoms with E-state index in [4.69, 9.17) is 4.74 Å². The van der Waals surface area contributed by atoms with Gasteiger partial charge in [-0.2, -0.15) is 5.10 Å². The third-order valence-corrected chi connectivity index (χ3v) is 2.60. The molecular formula is C14H18N4O3. The zero-order valence-electron chi connectivity index (χ0n) is 12.4. The molecule has 0 aliphatic rings. The van der Waals surface area contributed by atoms with Crippen LogP contribution in [-0.2, 0) is 11.8 Å². The number of amides is 1. The Labute approximate surface area is 122 Å². The van der Waals surface area contributed by atoms with Crippen molar-refractivity contribution >= 4 is 11.9 Å². The van der Waals surface area contributed by atoms with E-state index in [-0.39, 0.29) is 11.6 Å². The van der Waals surface area contributed by atoms with Gasteiger partial charge in [-0.15, -0.1) is 0 Å². The van der Waals surface area contributed by atoms with E-state index >= 15 is 0 Å². The van der Waals surface area contributed by atoms with Crippen LogP contribution in [0.1, 0.15) is 20.8 Å². The largest absolute Gasteiger partial charge is 0.504 e. The first-order chi connectivity index (χ1) is 9.76. The number of aromatic nitrogens is 3. The number of aryl methyl sites for hydroxylation is 1. The first kappa shape index (κ1) is 14.8. The van der Waals surface area contributed by atoms with E-state index in [1.165, 1.54) is 6.07 Å². The van der Waals surface area contributed by atoms with Crippen molar-refractivity contribution in [3.8, 4) is 17.0 Å². The minimum absolute atomic E-state index is 0.0511. The highest BCUT2D eigenvalue weighted by Gasteiger charge is 2.18. The zero-order valence-corrected chi connectivity index (χ0v) is 12.4. The predicted molar refractivity (Wildman–Crippen MR) is 78.0 cm³/mol. The number of ether oxygens (including phenoxy) is 1. The molecule has 0 bridgehead atoms. The maximum absolute atomic E-state index is 11.6. The molecule has 0 aliphatic heterocycles. The Bertz CT molecular complexity index is 658. The van der Waals surface area contributed by atoms with Crippen LogP contribution in [0.5, 0.6) is 5.75 Å². The van der Waals surface area contributed by atoms with Gasteiger partial charge in [0.05, 0.1) is 5.69 Å². The minimum Gasteiger partial charge on any atom is -0.504 e. The van der Waals surface area contributed by atoms with Crippen LogP contribution in [0.4, 0.5) is 10.6 Å². The molecule has 0 fully saturated rings. The molecule has 2 aromatic rings. The lowest BCUT2D eigenvalue weighted by Crippen LogP contribution is -2.27. The molecule has 7 nitrogen and oxygen atoms in total. The van der Waals surface area contributed by atoms with Crippen molar-refractivity contribution in [1.82, 2.24) is 14.8 Å². The van der Waals surface area contributed by atoms with E-state index in [9.17, 15) is 9.90 Å². The SMILES string of the molecule is Cn1nccc1-c1cnc(NC(=O)OC(C)(C)C)c(O)c1. The van der Waals surface area contributed by atoms with E-state index in [1.807, 2.05) is 0 Å². The van der Waals surface area contributed by atoms with E-state index in [2.05, 4.69) is 15.4 Å². The summed E-state index contributed by atoms with van der Waals surface area (Å²) in [5, 5.41) is 16.4. The van der Waals surface area contributed by atoms with Gasteiger partial charge in [0.15, 0.2) is 11.6 Å². The van der Waals surface area contributed by atoms with Crippen LogP contribution >= 0.6 is 0 Å². The van der Waals surface area contributed by atoms with Crippen molar-refractivity contribution in [2.24, 2.45) is 7.05 Å². The Morgan fingerprint density at radius 1 is 1.43 bits per heavy atom. The van der Waals surface area contributed by atoms with E-state index in [0.717, 1.165) is 5.69 Å². The minimum atomic E-state index is -0.668. The standard InChI is InChI=1S/C14H18N4O3/c1-14(2,3)21-13(20)17-12-11(19)7-9(8-15-12)10-5-6-16-18(10)4/h5-8,19H,1-4H3,(H,15,17,20). The molecule has 7 heteroatoms. The zero-order chi connectivity index (χ0) is 15.6.